The molecule has 1 unspecified atom stereocenters. The van der Waals surface area contributed by atoms with Crippen LogP contribution in [0.1, 0.15) is 40.5 Å². The summed E-state index contributed by atoms with van der Waals surface area (Å²) < 4.78 is 5.79. The number of ether oxygens (including phenoxy) is 1. The minimum absolute atomic E-state index is 0.0760. The van der Waals surface area contributed by atoms with Crippen LogP contribution < -0.4 is 0 Å². The Bertz CT molecular complexity index is 1100. The molecule has 2 aliphatic rings. The van der Waals surface area contributed by atoms with Gasteiger partial charge in [-0.3, -0.25) is 0 Å². The van der Waals surface area contributed by atoms with E-state index < -0.39 is 0 Å². The second-order valence-corrected chi connectivity index (χ2v) is 7.97. The second-order valence-electron chi connectivity index (χ2n) is 7.97. The molecule has 3 aromatic rings. The molecule has 4 heteroatoms. The highest BCUT2D eigenvalue weighted by Gasteiger charge is 2.32. The van der Waals surface area contributed by atoms with Gasteiger partial charge >= 0.3 is 6.09 Å². The number of rotatable bonds is 3. The highest BCUT2D eigenvalue weighted by Crippen LogP contribution is 2.44. The zero-order chi connectivity index (χ0) is 20.5. The van der Waals surface area contributed by atoms with E-state index in [2.05, 4.69) is 42.5 Å². The maximum absolute atomic E-state index is 12.8. The van der Waals surface area contributed by atoms with E-state index in [-0.39, 0.29) is 17.9 Å². The first-order chi connectivity index (χ1) is 14.7. The largest absolute Gasteiger partial charge is 0.448 e. The van der Waals surface area contributed by atoms with Crippen molar-refractivity contribution in [3.63, 3.8) is 0 Å². The Morgan fingerprint density at radius 3 is 2.40 bits per heavy atom. The molecule has 1 atom stereocenters. The predicted molar refractivity (Wildman–Crippen MR) is 115 cm³/mol. The number of hydrogen-bond donors (Lipinski definition) is 0. The lowest BCUT2D eigenvalue weighted by atomic mass is 9.97. The normalized spacial score (nSPS) is 17.3. The molecule has 1 aliphatic carbocycles. The smallest absolute Gasteiger partial charge is 0.409 e. The van der Waals surface area contributed by atoms with E-state index in [0.717, 1.165) is 12.0 Å². The van der Waals surface area contributed by atoms with E-state index in [1.54, 1.807) is 4.90 Å². The fourth-order valence-corrected chi connectivity index (χ4v) is 4.75. The Morgan fingerprint density at radius 1 is 1.00 bits per heavy atom. The minimum Gasteiger partial charge on any atom is -0.448 e. The molecule has 0 radical (unpaired) electrons. The van der Waals surface area contributed by atoms with Gasteiger partial charge < -0.3 is 9.64 Å². The third kappa shape index (κ3) is 3.23. The molecule has 0 spiro atoms. The Hall–Kier alpha value is -3.58. The number of nitrogens with zero attached hydrogens (tertiary/aromatic N) is 2. The molecular weight excluding hydrogens is 372 g/mol. The fraction of sp³-hybridized carbons (Fsp3) is 0.231. The van der Waals surface area contributed by atoms with Crippen molar-refractivity contribution in [3.05, 3.63) is 95.1 Å². The Morgan fingerprint density at radius 2 is 1.70 bits per heavy atom. The van der Waals surface area contributed by atoms with Crippen LogP contribution in [-0.4, -0.2) is 30.7 Å². The van der Waals surface area contributed by atoms with Crippen molar-refractivity contribution in [1.29, 1.82) is 5.26 Å². The second kappa shape index (κ2) is 7.68. The lowest BCUT2D eigenvalue weighted by molar-refractivity contribution is 0.107. The standard InChI is InChI=1S/C26H22N2O2/c27-15-18-6-5-7-19(14-18)20-12-13-28(16-20)26(29)30-17-25-23-10-3-1-8-21(23)22-9-2-4-11-24(22)25/h1-11,14,20,25H,12-13,16-17H2. The van der Waals surface area contributed by atoms with E-state index in [1.807, 2.05) is 36.4 Å². The zero-order valence-corrected chi connectivity index (χ0v) is 16.6. The van der Waals surface area contributed by atoms with Gasteiger partial charge in [0.25, 0.3) is 0 Å². The third-order valence-electron chi connectivity index (χ3n) is 6.27. The summed E-state index contributed by atoms with van der Waals surface area (Å²) in [5, 5.41) is 9.12. The molecule has 1 fully saturated rings. The average Bonchev–Trinajstić information content (AvgIpc) is 3.41. The van der Waals surface area contributed by atoms with Crippen LogP contribution in [0.2, 0.25) is 0 Å². The summed E-state index contributed by atoms with van der Waals surface area (Å²) >= 11 is 0. The number of likely N-dealkylation sites (tertiary alicyclic amines) is 1. The summed E-state index contributed by atoms with van der Waals surface area (Å²) in [6.07, 6.45) is 0.634. The number of carbonyl (C=O) groups is 1. The van der Waals surface area contributed by atoms with Crippen molar-refractivity contribution in [2.75, 3.05) is 19.7 Å². The SMILES string of the molecule is N#Cc1cccc(C2CCN(C(=O)OCC3c4ccccc4-c4ccccc43)C2)c1. The molecule has 4 nitrogen and oxygen atoms in total. The number of amides is 1. The molecule has 148 valence electrons. The van der Waals surface area contributed by atoms with Crippen molar-refractivity contribution in [2.24, 2.45) is 0 Å². The molecule has 5 rings (SSSR count). The first-order valence-corrected chi connectivity index (χ1v) is 10.3. The molecule has 0 N–H and O–H groups in total. The number of carbonyl (C=O) groups excluding carboxylic acids is 1. The van der Waals surface area contributed by atoms with Crippen LogP contribution in [0.5, 0.6) is 0 Å². The lowest BCUT2D eigenvalue weighted by Crippen LogP contribution is -2.30. The summed E-state index contributed by atoms with van der Waals surface area (Å²) in [4.78, 5) is 14.6. The van der Waals surface area contributed by atoms with Crippen molar-refractivity contribution >= 4 is 6.09 Å². The molecule has 0 bridgehead atoms. The van der Waals surface area contributed by atoms with Gasteiger partial charge in [-0.1, -0.05) is 60.7 Å². The molecule has 1 heterocycles. The first kappa shape index (κ1) is 18.4. The van der Waals surface area contributed by atoms with Crippen LogP contribution in [0, 0.1) is 11.3 Å². The van der Waals surface area contributed by atoms with Gasteiger partial charge in [0.1, 0.15) is 6.61 Å². The van der Waals surface area contributed by atoms with Gasteiger partial charge in [-0.25, -0.2) is 4.79 Å². The van der Waals surface area contributed by atoms with Gasteiger partial charge in [0.05, 0.1) is 11.6 Å². The van der Waals surface area contributed by atoms with Crippen LogP contribution >= 0.6 is 0 Å². The fourth-order valence-electron chi connectivity index (χ4n) is 4.75. The highest BCUT2D eigenvalue weighted by molar-refractivity contribution is 5.79. The van der Waals surface area contributed by atoms with Gasteiger partial charge in [0, 0.05) is 24.9 Å². The van der Waals surface area contributed by atoms with Gasteiger partial charge in [-0.2, -0.15) is 5.26 Å². The van der Waals surface area contributed by atoms with Crippen molar-refractivity contribution in [1.82, 2.24) is 4.90 Å². The van der Waals surface area contributed by atoms with Crippen molar-refractivity contribution < 1.29 is 9.53 Å². The van der Waals surface area contributed by atoms with Gasteiger partial charge in [-0.15, -0.1) is 0 Å². The van der Waals surface area contributed by atoms with E-state index in [4.69, 9.17) is 10.00 Å². The Balaban J connectivity index is 1.27. The summed E-state index contributed by atoms with van der Waals surface area (Å²) in [5.41, 5.74) is 6.67. The molecular formula is C26H22N2O2. The monoisotopic (exact) mass is 394 g/mol. The van der Waals surface area contributed by atoms with E-state index in [9.17, 15) is 4.79 Å². The van der Waals surface area contributed by atoms with Crippen LogP contribution in [0.15, 0.2) is 72.8 Å². The summed E-state index contributed by atoms with van der Waals surface area (Å²) in [5.74, 6) is 0.325. The summed E-state index contributed by atoms with van der Waals surface area (Å²) in [7, 11) is 0. The number of fused-ring (bicyclic) bond motifs is 3. The summed E-state index contributed by atoms with van der Waals surface area (Å²) in [6, 6.07) is 26.6. The van der Waals surface area contributed by atoms with Crippen molar-refractivity contribution in [3.8, 4) is 17.2 Å². The Labute approximate surface area is 176 Å². The summed E-state index contributed by atoms with van der Waals surface area (Å²) in [6.45, 7) is 1.65. The number of nitriles is 1. The van der Waals surface area contributed by atoms with E-state index in [1.165, 1.54) is 22.3 Å². The van der Waals surface area contributed by atoms with Gasteiger partial charge in [0.2, 0.25) is 0 Å². The zero-order valence-electron chi connectivity index (χ0n) is 16.6. The van der Waals surface area contributed by atoms with E-state index >= 15 is 0 Å². The topological polar surface area (TPSA) is 53.3 Å². The minimum atomic E-state index is -0.254. The van der Waals surface area contributed by atoms with Gasteiger partial charge in [-0.05, 0) is 46.4 Å². The first-order valence-electron chi connectivity index (χ1n) is 10.3. The molecule has 1 aliphatic heterocycles. The molecule has 0 saturated carbocycles. The molecule has 30 heavy (non-hydrogen) atoms. The molecule has 1 amide bonds. The Kier molecular flexibility index (Phi) is 4.72. The predicted octanol–water partition coefficient (Wildman–Crippen LogP) is 5.30. The maximum atomic E-state index is 12.8. The highest BCUT2D eigenvalue weighted by atomic mass is 16.6. The molecule has 0 aromatic heterocycles. The molecule has 3 aromatic carbocycles. The van der Waals surface area contributed by atoms with Gasteiger partial charge in [0.15, 0.2) is 0 Å². The average molecular weight is 394 g/mol. The van der Waals surface area contributed by atoms with E-state index in [0.29, 0.717) is 25.3 Å². The third-order valence-corrected chi connectivity index (χ3v) is 6.27. The molecule has 1 saturated heterocycles. The van der Waals surface area contributed by atoms with Crippen molar-refractivity contribution in [2.45, 2.75) is 18.3 Å². The quantitative estimate of drug-likeness (QED) is 0.606. The number of benzene rings is 3. The van der Waals surface area contributed by atoms with Crippen LogP contribution in [-0.2, 0) is 4.74 Å². The number of hydrogen-bond acceptors (Lipinski definition) is 3. The van der Waals surface area contributed by atoms with Crippen LogP contribution in [0.25, 0.3) is 11.1 Å². The van der Waals surface area contributed by atoms with Crippen LogP contribution in [0.3, 0.4) is 0 Å². The lowest BCUT2D eigenvalue weighted by Gasteiger charge is -2.19. The van der Waals surface area contributed by atoms with Crippen LogP contribution in [0.4, 0.5) is 4.79 Å². The maximum Gasteiger partial charge on any atom is 0.409 e.